The molecule has 216 valence electrons. The first-order chi connectivity index (χ1) is 22.6. The molecule has 0 radical (unpaired) electrons. The lowest BCUT2D eigenvalue weighted by Gasteiger charge is -2.32. The SMILES string of the molecule is Cc1cc(-c2ccccc2)cc(C)c1-c1cc2c3c(c1)-n1ccc[n+]1C31c3c(ccc4c5ccccc5n(c34)-c3cccc[n+]31)O2. The summed E-state index contributed by atoms with van der Waals surface area (Å²) in [5.74, 6) is 2.92. The van der Waals surface area contributed by atoms with Crippen LogP contribution in [0.4, 0.5) is 0 Å². The maximum Gasteiger partial charge on any atom is 0.397 e. The van der Waals surface area contributed by atoms with Gasteiger partial charge in [0, 0.05) is 22.9 Å². The van der Waals surface area contributed by atoms with Gasteiger partial charge in [-0.3, -0.25) is 0 Å². The number of aryl methyl sites for hydroxylation is 2. The lowest BCUT2D eigenvalue weighted by Crippen LogP contribution is -2.76. The second kappa shape index (κ2) is 8.20. The van der Waals surface area contributed by atoms with E-state index in [0.29, 0.717) is 0 Å². The quantitative estimate of drug-likeness (QED) is 0.186. The Labute approximate surface area is 265 Å². The molecule has 0 amide bonds. The molecule has 0 N–H and O–H groups in total. The van der Waals surface area contributed by atoms with Gasteiger partial charge in [0.1, 0.15) is 28.3 Å². The minimum absolute atomic E-state index is 0.651. The smallest absolute Gasteiger partial charge is 0.397 e. The molecule has 11 rings (SSSR count). The van der Waals surface area contributed by atoms with Gasteiger partial charge in [0.2, 0.25) is 6.20 Å². The van der Waals surface area contributed by atoms with Crippen LogP contribution in [-0.2, 0) is 5.66 Å². The molecule has 1 spiro atoms. The highest BCUT2D eigenvalue weighted by atomic mass is 16.5. The molecule has 5 aromatic carbocycles. The highest BCUT2D eigenvalue weighted by Gasteiger charge is 2.68. The molecule has 6 heterocycles. The van der Waals surface area contributed by atoms with Gasteiger partial charge in [-0.25, -0.2) is 0 Å². The topological polar surface area (TPSA) is 26.8 Å². The van der Waals surface area contributed by atoms with Gasteiger partial charge in [0.05, 0.1) is 12.4 Å². The van der Waals surface area contributed by atoms with E-state index < -0.39 is 5.66 Å². The van der Waals surface area contributed by atoms with Gasteiger partial charge in [-0.1, -0.05) is 65.3 Å². The van der Waals surface area contributed by atoms with Crippen LogP contribution in [0.3, 0.4) is 0 Å². The monoisotopic (exact) mass is 592 g/mol. The Bertz CT molecular complexity index is 2620. The van der Waals surface area contributed by atoms with Gasteiger partial charge < -0.3 is 4.74 Å². The second-order valence-corrected chi connectivity index (χ2v) is 12.8. The predicted octanol–water partition coefficient (Wildman–Crippen LogP) is 8.13. The van der Waals surface area contributed by atoms with Crippen LogP contribution in [0.15, 0.2) is 134 Å². The highest BCUT2D eigenvalue weighted by molar-refractivity contribution is 6.11. The Balaban J connectivity index is 1.25. The van der Waals surface area contributed by atoms with E-state index >= 15 is 0 Å². The van der Waals surface area contributed by atoms with Crippen molar-refractivity contribution in [3.05, 3.63) is 156 Å². The van der Waals surface area contributed by atoms with Crippen LogP contribution in [0.1, 0.15) is 22.3 Å². The van der Waals surface area contributed by atoms with Gasteiger partial charge in [0.15, 0.2) is 11.1 Å². The van der Waals surface area contributed by atoms with Crippen LogP contribution in [0, 0.1) is 13.8 Å². The van der Waals surface area contributed by atoms with Crippen molar-refractivity contribution in [1.82, 2.24) is 9.25 Å². The number of fused-ring (bicyclic) bond motifs is 7. The van der Waals surface area contributed by atoms with Crippen molar-refractivity contribution in [2.24, 2.45) is 0 Å². The Hall–Kier alpha value is -5.94. The molecule has 0 saturated carbocycles. The molecule has 5 heteroatoms. The van der Waals surface area contributed by atoms with E-state index in [1.165, 1.54) is 60.8 Å². The normalized spacial score (nSPS) is 16.3. The fourth-order valence-corrected chi connectivity index (χ4v) is 8.79. The molecule has 0 fully saturated rings. The van der Waals surface area contributed by atoms with Gasteiger partial charge >= 0.3 is 5.66 Å². The van der Waals surface area contributed by atoms with Crippen molar-refractivity contribution in [2.75, 3.05) is 0 Å². The van der Waals surface area contributed by atoms with Crippen LogP contribution in [0.25, 0.3) is 55.6 Å². The molecule has 46 heavy (non-hydrogen) atoms. The van der Waals surface area contributed by atoms with E-state index in [4.69, 9.17) is 4.74 Å². The number of nitrogens with zero attached hydrogens (tertiary/aromatic N) is 4. The first kappa shape index (κ1) is 24.4. The van der Waals surface area contributed by atoms with Crippen LogP contribution in [0.5, 0.6) is 11.5 Å². The third-order valence-electron chi connectivity index (χ3n) is 10.4. The number of hydrogen-bond donors (Lipinski definition) is 0. The molecule has 1 atom stereocenters. The minimum atomic E-state index is -0.651. The fourth-order valence-electron chi connectivity index (χ4n) is 8.79. The summed E-state index contributed by atoms with van der Waals surface area (Å²) in [6, 6.07) is 41.7. The van der Waals surface area contributed by atoms with Crippen molar-refractivity contribution < 1.29 is 14.0 Å². The highest BCUT2D eigenvalue weighted by Crippen LogP contribution is 2.56. The maximum atomic E-state index is 7.02. The summed E-state index contributed by atoms with van der Waals surface area (Å²) in [4.78, 5) is 0. The van der Waals surface area contributed by atoms with E-state index in [1.807, 2.05) is 0 Å². The van der Waals surface area contributed by atoms with Crippen LogP contribution in [0.2, 0.25) is 0 Å². The lowest BCUT2D eigenvalue weighted by atomic mass is 9.82. The zero-order valence-electron chi connectivity index (χ0n) is 25.4. The summed E-state index contributed by atoms with van der Waals surface area (Å²) >= 11 is 0. The molecular weight excluding hydrogens is 564 g/mol. The summed E-state index contributed by atoms with van der Waals surface area (Å²) in [6.07, 6.45) is 6.62. The van der Waals surface area contributed by atoms with Crippen molar-refractivity contribution in [3.8, 4) is 45.3 Å². The average molecular weight is 593 g/mol. The number of pyridine rings is 1. The Morgan fingerprint density at radius 2 is 1.43 bits per heavy atom. The maximum absolute atomic E-state index is 7.02. The van der Waals surface area contributed by atoms with E-state index in [9.17, 15) is 0 Å². The summed E-state index contributed by atoms with van der Waals surface area (Å²) in [5.41, 5.74) is 12.6. The standard InChI is InChI=1S/C41H28N4O/c1-25-21-28(27-11-4-3-5-12-27)22-26(2)37(25)29-23-33-38-35(24-29)46-34-17-16-31-30-13-6-7-14-32(30)45-36-15-8-9-18-42(36)41(38,39(34)40(31)45)44-20-10-19-43(33)44/h3-24H,1-2H3/q+2. The van der Waals surface area contributed by atoms with Crippen molar-refractivity contribution >= 4 is 21.8 Å². The fraction of sp³-hybridized carbons (Fsp3) is 0.0732. The molecule has 1 unspecified atom stereocenters. The molecule has 3 aliphatic heterocycles. The molecule has 3 aliphatic rings. The summed E-state index contributed by atoms with van der Waals surface area (Å²) in [6.45, 7) is 4.45. The molecule has 5 nitrogen and oxygen atoms in total. The van der Waals surface area contributed by atoms with Crippen LogP contribution >= 0.6 is 0 Å². The van der Waals surface area contributed by atoms with E-state index in [2.05, 4.69) is 166 Å². The number of aromatic nitrogens is 4. The molecule has 8 aromatic rings. The Kier molecular flexibility index (Phi) is 4.35. The summed E-state index contributed by atoms with van der Waals surface area (Å²) in [5, 5.41) is 2.49. The predicted molar refractivity (Wildman–Crippen MR) is 179 cm³/mol. The average Bonchev–Trinajstić information content (AvgIpc) is 3.77. The molecular formula is C41H28N4O+2. The van der Waals surface area contributed by atoms with E-state index in [-0.39, 0.29) is 0 Å². The first-order valence-electron chi connectivity index (χ1n) is 15.9. The molecule has 0 aliphatic carbocycles. The number of benzene rings is 5. The lowest BCUT2D eigenvalue weighted by molar-refractivity contribution is -0.993. The third-order valence-corrected chi connectivity index (χ3v) is 10.4. The first-order valence-corrected chi connectivity index (χ1v) is 15.9. The Morgan fingerprint density at radius 3 is 2.30 bits per heavy atom. The largest absolute Gasteiger partial charge is 0.456 e. The second-order valence-electron chi connectivity index (χ2n) is 12.8. The molecule has 0 saturated heterocycles. The summed E-state index contributed by atoms with van der Waals surface area (Å²) in [7, 11) is 0. The minimum Gasteiger partial charge on any atom is -0.456 e. The Morgan fingerprint density at radius 1 is 0.630 bits per heavy atom. The third kappa shape index (κ3) is 2.70. The number of para-hydroxylation sites is 1. The van der Waals surface area contributed by atoms with Crippen molar-refractivity contribution in [3.63, 3.8) is 0 Å². The van der Waals surface area contributed by atoms with E-state index in [1.54, 1.807) is 0 Å². The van der Waals surface area contributed by atoms with Crippen molar-refractivity contribution in [2.45, 2.75) is 19.5 Å². The van der Waals surface area contributed by atoms with Gasteiger partial charge in [-0.15, -0.1) is 4.68 Å². The molecule has 0 bridgehead atoms. The number of ether oxygens (including phenoxy) is 1. The van der Waals surface area contributed by atoms with Gasteiger partial charge in [0.25, 0.3) is 5.82 Å². The van der Waals surface area contributed by atoms with Gasteiger partial charge in [-0.2, -0.15) is 9.13 Å². The summed E-state index contributed by atoms with van der Waals surface area (Å²) < 4.78 is 16.6. The molecule has 3 aromatic heterocycles. The number of hydrogen-bond acceptors (Lipinski definition) is 1. The van der Waals surface area contributed by atoms with Crippen LogP contribution < -0.4 is 14.0 Å². The zero-order valence-corrected chi connectivity index (χ0v) is 25.4. The number of rotatable bonds is 2. The zero-order chi connectivity index (χ0) is 30.3. The van der Waals surface area contributed by atoms with E-state index in [0.717, 1.165) is 28.6 Å². The van der Waals surface area contributed by atoms with Crippen molar-refractivity contribution in [1.29, 1.82) is 0 Å². The van der Waals surface area contributed by atoms with Gasteiger partial charge in [-0.05, 0) is 89.7 Å². The van der Waals surface area contributed by atoms with Crippen LogP contribution in [-0.4, -0.2) is 9.25 Å².